The normalized spacial score (nSPS) is 26.9. The lowest BCUT2D eigenvalue weighted by Gasteiger charge is -2.24. The monoisotopic (exact) mass is 302 g/mol. The highest BCUT2D eigenvalue weighted by Crippen LogP contribution is 2.19. The summed E-state index contributed by atoms with van der Waals surface area (Å²) < 4.78 is 10.9. The summed E-state index contributed by atoms with van der Waals surface area (Å²) in [5.74, 6) is 0. The first kappa shape index (κ1) is 18.6. The van der Waals surface area contributed by atoms with Gasteiger partial charge >= 0.3 is 0 Å². The van der Waals surface area contributed by atoms with Crippen LogP contribution in [0.1, 0.15) is 44.9 Å². The van der Waals surface area contributed by atoms with E-state index in [0.717, 1.165) is 19.3 Å². The van der Waals surface area contributed by atoms with Gasteiger partial charge in [-0.25, -0.2) is 0 Å². The summed E-state index contributed by atoms with van der Waals surface area (Å²) in [6, 6.07) is 0. The van der Waals surface area contributed by atoms with Crippen molar-refractivity contribution in [3.63, 3.8) is 0 Å². The SMILES string of the molecule is C=CCCCCCCCCO[C@@H](CO)[C@@H]1OC[C@@H](O)[C@@H]1O. The van der Waals surface area contributed by atoms with Crippen LogP contribution in [0.2, 0.25) is 0 Å². The van der Waals surface area contributed by atoms with Crippen LogP contribution in [0, 0.1) is 0 Å². The Hall–Kier alpha value is -0.460. The zero-order valence-electron chi connectivity index (χ0n) is 12.8. The molecule has 0 unspecified atom stereocenters. The fraction of sp³-hybridized carbons (Fsp3) is 0.875. The Morgan fingerprint density at radius 1 is 1.14 bits per heavy atom. The first-order valence-corrected chi connectivity index (χ1v) is 8.01. The smallest absolute Gasteiger partial charge is 0.114 e. The van der Waals surface area contributed by atoms with Crippen molar-refractivity contribution in [2.45, 2.75) is 69.4 Å². The third-order valence-electron chi connectivity index (χ3n) is 3.87. The number of allylic oxidation sites excluding steroid dienone is 1. The fourth-order valence-corrected chi connectivity index (χ4v) is 2.54. The average Bonchev–Trinajstić information content (AvgIpc) is 2.82. The Morgan fingerprint density at radius 2 is 1.81 bits per heavy atom. The zero-order chi connectivity index (χ0) is 15.5. The lowest BCUT2D eigenvalue weighted by Crippen LogP contribution is -2.42. The van der Waals surface area contributed by atoms with E-state index in [4.69, 9.17) is 9.47 Å². The summed E-state index contributed by atoms with van der Waals surface area (Å²) in [7, 11) is 0. The Labute approximate surface area is 127 Å². The summed E-state index contributed by atoms with van der Waals surface area (Å²) in [5, 5.41) is 28.5. The highest BCUT2D eigenvalue weighted by molar-refractivity contribution is 4.88. The van der Waals surface area contributed by atoms with E-state index in [1.54, 1.807) is 0 Å². The molecule has 0 aromatic rings. The maximum absolute atomic E-state index is 9.73. The van der Waals surface area contributed by atoms with Gasteiger partial charge in [-0.2, -0.15) is 0 Å². The summed E-state index contributed by atoms with van der Waals surface area (Å²) in [4.78, 5) is 0. The van der Waals surface area contributed by atoms with Gasteiger partial charge in [-0.3, -0.25) is 0 Å². The van der Waals surface area contributed by atoms with Gasteiger partial charge in [0.2, 0.25) is 0 Å². The van der Waals surface area contributed by atoms with Gasteiger partial charge in [0.15, 0.2) is 0 Å². The zero-order valence-corrected chi connectivity index (χ0v) is 12.8. The molecule has 5 heteroatoms. The molecule has 3 N–H and O–H groups in total. The van der Waals surface area contributed by atoms with Crippen LogP contribution in [-0.4, -0.2) is 59.6 Å². The molecule has 0 bridgehead atoms. The first-order chi connectivity index (χ1) is 10.2. The second-order valence-corrected chi connectivity index (χ2v) is 5.65. The number of ether oxygens (including phenoxy) is 2. The molecule has 0 radical (unpaired) electrons. The molecule has 1 aliphatic rings. The Bertz CT molecular complexity index is 271. The molecule has 0 spiro atoms. The van der Waals surface area contributed by atoms with E-state index >= 15 is 0 Å². The number of hydrogen-bond donors (Lipinski definition) is 3. The third-order valence-corrected chi connectivity index (χ3v) is 3.87. The number of aliphatic hydroxyl groups excluding tert-OH is 3. The van der Waals surface area contributed by atoms with Crippen LogP contribution in [0.4, 0.5) is 0 Å². The fourth-order valence-electron chi connectivity index (χ4n) is 2.54. The Kier molecular flexibility index (Phi) is 9.87. The standard InChI is InChI=1S/C16H30O5/c1-2-3-4-5-6-7-8-9-10-20-14(11-17)16-15(19)13(18)12-21-16/h2,13-19H,1,3-12H2/t13-,14+,15+,16+/m1/s1. The number of hydrogen-bond acceptors (Lipinski definition) is 5. The molecule has 1 heterocycles. The molecule has 0 amide bonds. The van der Waals surface area contributed by atoms with Crippen molar-refractivity contribution >= 4 is 0 Å². The van der Waals surface area contributed by atoms with Gasteiger partial charge in [0.25, 0.3) is 0 Å². The molecular weight excluding hydrogens is 272 g/mol. The molecule has 5 nitrogen and oxygen atoms in total. The van der Waals surface area contributed by atoms with Crippen LogP contribution in [-0.2, 0) is 9.47 Å². The Balaban J connectivity index is 2.04. The van der Waals surface area contributed by atoms with Gasteiger partial charge in [0, 0.05) is 6.61 Å². The highest BCUT2D eigenvalue weighted by atomic mass is 16.6. The van der Waals surface area contributed by atoms with Crippen molar-refractivity contribution in [1.82, 2.24) is 0 Å². The molecule has 124 valence electrons. The molecule has 0 aromatic carbocycles. The summed E-state index contributed by atoms with van der Waals surface area (Å²) in [6.45, 7) is 4.13. The number of unbranched alkanes of at least 4 members (excludes halogenated alkanes) is 6. The quantitative estimate of drug-likeness (QED) is 0.375. The van der Waals surface area contributed by atoms with Crippen LogP contribution in [0.15, 0.2) is 12.7 Å². The number of aliphatic hydroxyl groups is 3. The van der Waals surface area contributed by atoms with E-state index in [1.165, 1.54) is 25.7 Å². The van der Waals surface area contributed by atoms with Crippen molar-refractivity contribution in [1.29, 1.82) is 0 Å². The molecule has 1 fully saturated rings. The van der Waals surface area contributed by atoms with Crippen molar-refractivity contribution in [2.75, 3.05) is 19.8 Å². The summed E-state index contributed by atoms with van der Waals surface area (Å²) in [6.07, 6.45) is 6.89. The van der Waals surface area contributed by atoms with E-state index < -0.39 is 24.4 Å². The molecular formula is C16H30O5. The van der Waals surface area contributed by atoms with Crippen molar-refractivity contribution in [3.05, 3.63) is 12.7 Å². The van der Waals surface area contributed by atoms with Gasteiger partial charge in [0.05, 0.1) is 13.2 Å². The second kappa shape index (κ2) is 11.2. The van der Waals surface area contributed by atoms with E-state index in [2.05, 4.69) is 6.58 Å². The summed E-state index contributed by atoms with van der Waals surface area (Å²) in [5.41, 5.74) is 0. The molecule has 0 saturated carbocycles. The van der Waals surface area contributed by atoms with E-state index in [0.29, 0.717) is 6.61 Å². The average molecular weight is 302 g/mol. The number of rotatable bonds is 12. The molecule has 1 saturated heterocycles. The lowest BCUT2D eigenvalue weighted by atomic mass is 10.1. The minimum absolute atomic E-state index is 0.0937. The van der Waals surface area contributed by atoms with Gasteiger partial charge in [-0.15, -0.1) is 6.58 Å². The maximum Gasteiger partial charge on any atom is 0.114 e. The Morgan fingerprint density at radius 3 is 2.38 bits per heavy atom. The first-order valence-electron chi connectivity index (χ1n) is 8.01. The predicted octanol–water partition coefficient (Wildman–Crippen LogP) is 1.40. The van der Waals surface area contributed by atoms with Crippen molar-refractivity contribution in [2.24, 2.45) is 0 Å². The molecule has 0 aromatic heterocycles. The van der Waals surface area contributed by atoms with Crippen LogP contribution in [0.25, 0.3) is 0 Å². The molecule has 21 heavy (non-hydrogen) atoms. The van der Waals surface area contributed by atoms with Crippen molar-refractivity contribution in [3.8, 4) is 0 Å². The van der Waals surface area contributed by atoms with Crippen LogP contribution < -0.4 is 0 Å². The lowest BCUT2D eigenvalue weighted by molar-refractivity contribution is -0.101. The second-order valence-electron chi connectivity index (χ2n) is 5.65. The van der Waals surface area contributed by atoms with Gasteiger partial charge in [-0.05, 0) is 19.3 Å². The molecule has 1 rings (SSSR count). The van der Waals surface area contributed by atoms with Crippen LogP contribution in [0.3, 0.4) is 0 Å². The predicted molar refractivity (Wildman–Crippen MR) is 81.1 cm³/mol. The van der Waals surface area contributed by atoms with Gasteiger partial charge in [-0.1, -0.05) is 31.8 Å². The molecule has 0 aliphatic carbocycles. The maximum atomic E-state index is 9.73. The van der Waals surface area contributed by atoms with Crippen LogP contribution >= 0.6 is 0 Å². The minimum Gasteiger partial charge on any atom is -0.394 e. The van der Waals surface area contributed by atoms with E-state index in [1.807, 2.05) is 6.08 Å². The van der Waals surface area contributed by atoms with Crippen LogP contribution in [0.5, 0.6) is 0 Å². The highest BCUT2D eigenvalue weighted by Gasteiger charge is 2.40. The minimum atomic E-state index is -0.980. The van der Waals surface area contributed by atoms with Gasteiger partial charge < -0.3 is 24.8 Å². The molecule has 1 aliphatic heterocycles. The van der Waals surface area contributed by atoms with Crippen molar-refractivity contribution < 1.29 is 24.8 Å². The molecule has 4 atom stereocenters. The third kappa shape index (κ3) is 6.89. The van der Waals surface area contributed by atoms with Gasteiger partial charge in [0.1, 0.15) is 24.4 Å². The largest absolute Gasteiger partial charge is 0.394 e. The van der Waals surface area contributed by atoms with E-state index in [9.17, 15) is 15.3 Å². The van der Waals surface area contributed by atoms with E-state index in [-0.39, 0.29) is 13.2 Å². The topological polar surface area (TPSA) is 79.2 Å². The summed E-state index contributed by atoms with van der Waals surface area (Å²) >= 11 is 0.